The lowest BCUT2D eigenvalue weighted by molar-refractivity contribution is -0.161. The molecule has 1 atom stereocenters. The van der Waals surface area contributed by atoms with E-state index in [1.807, 2.05) is 0 Å². The Hall–Kier alpha value is -1.99. The smallest absolute Gasteiger partial charge is 0.462 e. The van der Waals surface area contributed by atoms with E-state index in [4.69, 9.17) is 19.3 Å². The van der Waals surface area contributed by atoms with Crippen LogP contribution in [0.1, 0.15) is 219 Å². The van der Waals surface area contributed by atoms with Gasteiger partial charge < -0.3 is 19.3 Å². The lowest BCUT2D eigenvalue weighted by Gasteiger charge is -2.18. The number of phosphoric ester groups is 1. The van der Waals surface area contributed by atoms with Gasteiger partial charge in [0, 0.05) is 12.8 Å². The Balaban J connectivity index is 3.93. The maximum absolute atomic E-state index is 12.4. The number of allylic oxidation sites excluding steroid dienone is 8. The SMILES string of the molecule is CCCCC/C=C/C/C=C/CCCCCCCC(=O)OC[C@H](COP(=O)(O)O)OC(=O)CCC/C=C/CC/C=C/CCCCCCCCCCCCCCCC. The molecule has 0 aromatic heterocycles. The topological polar surface area (TPSA) is 119 Å². The monoisotopic (exact) mass is 809 g/mol. The molecule has 56 heavy (non-hydrogen) atoms. The van der Waals surface area contributed by atoms with Crippen LogP contribution >= 0.6 is 7.82 Å². The minimum absolute atomic E-state index is 0.149. The van der Waals surface area contributed by atoms with E-state index >= 15 is 0 Å². The molecular weight excluding hydrogens is 723 g/mol. The number of rotatable bonds is 42. The van der Waals surface area contributed by atoms with Gasteiger partial charge >= 0.3 is 19.8 Å². The average Bonchev–Trinajstić information content (AvgIpc) is 3.17. The summed E-state index contributed by atoms with van der Waals surface area (Å²) in [6.07, 6.45) is 52.8. The Morgan fingerprint density at radius 3 is 1.34 bits per heavy atom. The van der Waals surface area contributed by atoms with E-state index < -0.39 is 32.5 Å². The maximum Gasteiger partial charge on any atom is 0.469 e. The first kappa shape index (κ1) is 54.0. The van der Waals surface area contributed by atoms with Crippen LogP contribution in [0.5, 0.6) is 0 Å². The third kappa shape index (κ3) is 44.7. The molecule has 0 amide bonds. The van der Waals surface area contributed by atoms with Crippen LogP contribution in [-0.4, -0.2) is 41.0 Å². The number of ether oxygens (including phenoxy) is 2. The van der Waals surface area contributed by atoms with E-state index in [9.17, 15) is 14.2 Å². The highest BCUT2D eigenvalue weighted by atomic mass is 31.2. The molecule has 0 heterocycles. The van der Waals surface area contributed by atoms with Gasteiger partial charge in [-0.3, -0.25) is 14.1 Å². The van der Waals surface area contributed by atoms with Gasteiger partial charge in [0.2, 0.25) is 0 Å². The molecule has 326 valence electrons. The summed E-state index contributed by atoms with van der Waals surface area (Å²) in [5.74, 6) is -0.948. The molecule has 0 spiro atoms. The molecule has 2 N–H and O–H groups in total. The third-order valence-electron chi connectivity index (χ3n) is 9.80. The Morgan fingerprint density at radius 1 is 0.464 bits per heavy atom. The van der Waals surface area contributed by atoms with Crippen molar-refractivity contribution in [2.24, 2.45) is 0 Å². The van der Waals surface area contributed by atoms with Crippen molar-refractivity contribution in [3.63, 3.8) is 0 Å². The van der Waals surface area contributed by atoms with E-state index in [2.05, 4.69) is 67.0 Å². The zero-order valence-corrected chi connectivity index (χ0v) is 36.9. The minimum atomic E-state index is -4.77. The quantitative estimate of drug-likeness (QED) is 0.0271. The first-order valence-electron chi connectivity index (χ1n) is 22.9. The second-order valence-electron chi connectivity index (χ2n) is 15.4. The van der Waals surface area contributed by atoms with E-state index in [1.54, 1.807) is 0 Å². The molecule has 0 aromatic rings. The molecule has 0 aliphatic rings. The van der Waals surface area contributed by atoms with Gasteiger partial charge in [0.1, 0.15) is 6.61 Å². The minimum Gasteiger partial charge on any atom is -0.462 e. The number of carbonyl (C=O) groups is 2. The van der Waals surface area contributed by atoms with Crippen LogP contribution < -0.4 is 0 Å². The fourth-order valence-electron chi connectivity index (χ4n) is 6.36. The van der Waals surface area contributed by atoms with Crippen molar-refractivity contribution in [1.29, 1.82) is 0 Å². The van der Waals surface area contributed by atoms with Gasteiger partial charge in [0.25, 0.3) is 0 Å². The first-order valence-corrected chi connectivity index (χ1v) is 24.5. The van der Waals surface area contributed by atoms with Crippen LogP contribution in [0.2, 0.25) is 0 Å². The van der Waals surface area contributed by atoms with Gasteiger partial charge in [-0.1, -0.05) is 178 Å². The third-order valence-corrected chi connectivity index (χ3v) is 10.3. The molecule has 0 rings (SSSR count). The standard InChI is InChI=1S/C47H85O8P/c1-3-5-7-9-11-13-15-17-19-20-21-22-23-24-25-26-28-30-32-34-36-38-40-42-47(49)55-45(44-54-56(50,51)52)43-53-46(48)41-39-37-35-33-31-29-27-18-16-14-12-10-8-6-4-2/h12,14,18,26-28,34,36,45H,3-11,13,15-17,19-25,29-33,35,37-44H2,1-2H3,(H2,50,51,52)/b14-12+,27-18+,28-26+,36-34+/t45-/m1/s1. The molecule has 0 bridgehead atoms. The molecule has 8 nitrogen and oxygen atoms in total. The first-order chi connectivity index (χ1) is 27.3. The summed E-state index contributed by atoms with van der Waals surface area (Å²) in [5, 5.41) is 0. The number of hydrogen-bond acceptors (Lipinski definition) is 6. The highest BCUT2D eigenvalue weighted by Crippen LogP contribution is 2.36. The van der Waals surface area contributed by atoms with Crippen LogP contribution in [0.4, 0.5) is 0 Å². The number of carbonyl (C=O) groups excluding carboxylic acids is 2. The van der Waals surface area contributed by atoms with Gasteiger partial charge in [0.05, 0.1) is 6.61 Å². The Labute approximate surface area is 344 Å². The van der Waals surface area contributed by atoms with Crippen molar-refractivity contribution in [2.75, 3.05) is 13.2 Å². The Morgan fingerprint density at radius 2 is 0.839 bits per heavy atom. The van der Waals surface area contributed by atoms with Crippen molar-refractivity contribution in [3.8, 4) is 0 Å². The largest absolute Gasteiger partial charge is 0.469 e. The molecule has 0 unspecified atom stereocenters. The maximum atomic E-state index is 12.4. The van der Waals surface area contributed by atoms with Gasteiger partial charge in [0.15, 0.2) is 6.10 Å². The average molecular weight is 809 g/mol. The zero-order chi connectivity index (χ0) is 41.1. The zero-order valence-electron chi connectivity index (χ0n) is 36.0. The molecule has 0 saturated heterocycles. The number of esters is 2. The Kier molecular flexibility index (Phi) is 41.1. The number of hydrogen-bond donors (Lipinski definition) is 2. The highest BCUT2D eigenvalue weighted by molar-refractivity contribution is 7.46. The summed E-state index contributed by atoms with van der Waals surface area (Å²) in [7, 11) is -4.77. The molecule has 0 radical (unpaired) electrons. The normalized spacial score (nSPS) is 12.9. The van der Waals surface area contributed by atoms with Crippen LogP contribution in [0.25, 0.3) is 0 Å². The summed E-state index contributed by atoms with van der Waals surface area (Å²) in [5.41, 5.74) is 0. The highest BCUT2D eigenvalue weighted by Gasteiger charge is 2.22. The summed E-state index contributed by atoms with van der Waals surface area (Å²) in [6, 6.07) is 0. The van der Waals surface area contributed by atoms with Crippen LogP contribution in [-0.2, 0) is 28.2 Å². The van der Waals surface area contributed by atoms with Crippen LogP contribution in [0, 0.1) is 0 Å². The molecule has 9 heteroatoms. The number of unbranched alkanes of at least 4 members (excludes halogenated alkanes) is 24. The second kappa shape index (κ2) is 42.6. The lowest BCUT2D eigenvalue weighted by atomic mass is 10.0. The van der Waals surface area contributed by atoms with Crippen molar-refractivity contribution in [3.05, 3.63) is 48.6 Å². The summed E-state index contributed by atoms with van der Waals surface area (Å²) >= 11 is 0. The molecule has 0 fully saturated rings. The van der Waals surface area contributed by atoms with Gasteiger partial charge in [-0.2, -0.15) is 0 Å². The van der Waals surface area contributed by atoms with Crippen molar-refractivity contribution >= 4 is 19.8 Å². The lowest BCUT2D eigenvalue weighted by Crippen LogP contribution is -2.29. The molecule has 0 aliphatic heterocycles. The Bertz CT molecular complexity index is 1050. The fourth-order valence-corrected chi connectivity index (χ4v) is 6.73. The van der Waals surface area contributed by atoms with E-state index in [-0.39, 0.29) is 19.4 Å². The predicted molar refractivity (Wildman–Crippen MR) is 234 cm³/mol. The number of phosphoric acid groups is 1. The molecule has 0 aromatic carbocycles. The molecule has 0 aliphatic carbocycles. The molecule has 0 saturated carbocycles. The second-order valence-corrected chi connectivity index (χ2v) is 16.6. The van der Waals surface area contributed by atoms with Crippen molar-refractivity contribution in [2.45, 2.75) is 225 Å². The van der Waals surface area contributed by atoms with Gasteiger partial charge in [-0.25, -0.2) is 4.57 Å². The van der Waals surface area contributed by atoms with Crippen LogP contribution in [0.15, 0.2) is 48.6 Å². The van der Waals surface area contributed by atoms with Crippen molar-refractivity contribution in [1.82, 2.24) is 0 Å². The summed E-state index contributed by atoms with van der Waals surface area (Å²) in [4.78, 5) is 42.9. The summed E-state index contributed by atoms with van der Waals surface area (Å²) in [6.45, 7) is 3.63. The van der Waals surface area contributed by atoms with Gasteiger partial charge in [-0.05, 0) is 77.0 Å². The van der Waals surface area contributed by atoms with E-state index in [1.165, 1.54) is 116 Å². The van der Waals surface area contributed by atoms with Crippen LogP contribution in [0.3, 0.4) is 0 Å². The summed E-state index contributed by atoms with van der Waals surface area (Å²) < 4.78 is 26.4. The van der Waals surface area contributed by atoms with E-state index in [0.717, 1.165) is 64.2 Å². The van der Waals surface area contributed by atoms with E-state index in [0.29, 0.717) is 12.8 Å². The van der Waals surface area contributed by atoms with Gasteiger partial charge in [-0.15, -0.1) is 0 Å². The fraction of sp³-hybridized carbons (Fsp3) is 0.787. The molecular formula is C47H85O8P. The van der Waals surface area contributed by atoms with Crippen molar-refractivity contribution < 1.29 is 37.9 Å². The predicted octanol–water partition coefficient (Wildman–Crippen LogP) is 14.3.